The number of unbranched alkanes of at least 4 members (excludes halogenated alkanes) is 6. The molecule has 0 bridgehead atoms. The van der Waals surface area contributed by atoms with E-state index >= 15 is 0 Å². The normalized spacial score (nSPS) is 12.2. The summed E-state index contributed by atoms with van der Waals surface area (Å²) in [5, 5.41) is 0. The number of hydrogen-bond acceptors (Lipinski definition) is 1. The van der Waals surface area contributed by atoms with E-state index in [0.29, 0.717) is 9.93 Å². The second-order valence-electron chi connectivity index (χ2n) is 8.23. The summed E-state index contributed by atoms with van der Waals surface area (Å²) in [4.78, 5) is 0. The Morgan fingerprint density at radius 3 is 1.52 bits per heavy atom. The summed E-state index contributed by atoms with van der Waals surface area (Å²) >= 11 is 0. The van der Waals surface area contributed by atoms with Gasteiger partial charge in [0.1, 0.15) is 12.0 Å². The van der Waals surface area contributed by atoms with Crippen LogP contribution in [0.1, 0.15) is 87.5 Å². The predicted octanol–water partition coefficient (Wildman–Crippen LogP) is 8.53. The molecule has 2 heteroatoms. The molecule has 160 valence electrons. The van der Waals surface area contributed by atoms with Gasteiger partial charge in [-0.1, -0.05) is 101 Å². The van der Waals surface area contributed by atoms with Crippen molar-refractivity contribution in [1.29, 1.82) is 0 Å². The van der Waals surface area contributed by atoms with Crippen LogP contribution in [0.15, 0.2) is 48.5 Å². The number of benzene rings is 2. The van der Waals surface area contributed by atoms with Gasteiger partial charge in [0.05, 0.1) is 26.5 Å². The molecule has 0 nitrogen and oxygen atoms in total. The molecule has 0 heterocycles. The lowest BCUT2D eigenvalue weighted by molar-refractivity contribution is 0.667. The van der Waals surface area contributed by atoms with Gasteiger partial charge >= 0.3 is 0 Å². The molecule has 2 aromatic rings. The lowest BCUT2D eigenvalue weighted by Gasteiger charge is -2.06. The maximum atomic E-state index is 2.39. The minimum Gasteiger partial charge on any atom is -0.0654 e. The quantitative estimate of drug-likeness (QED) is 0.155. The molecule has 0 amide bonds. The Bertz CT molecular complexity index is 645. The van der Waals surface area contributed by atoms with Crippen LogP contribution in [0.25, 0.3) is 0 Å². The fraction of sp³-hybridized carbons (Fsp3) is 0.556. The topological polar surface area (TPSA) is 0 Å². The lowest BCUT2D eigenvalue weighted by Crippen LogP contribution is -1.99. The maximum absolute atomic E-state index is 2.39. The second kappa shape index (κ2) is 15.0. The summed E-state index contributed by atoms with van der Waals surface area (Å²) in [5.41, 5.74) is 5.96. The van der Waals surface area contributed by atoms with Crippen LogP contribution in [0.3, 0.4) is 0 Å². The van der Waals surface area contributed by atoms with Crippen molar-refractivity contribution in [2.24, 2.45) is 0 Å². The van der Waals surface area contributed by atoms with Gasteiger partial charge in [-0.2, -0.15) is 0 Å². The summed E-state index contributed by atoms with van der Waals surface area (Å²) in [5.74, 6) is 2.32. The van der Waals surface area contributed by atoms with E-state index in [1.165, 1.54) is 92.2 Å². The van der Waals surface area contributed by atoms with E-state index in [9.17, 15) is 0 Å². The van der Waals surface area contributed by atoms with Crippen LogP contribution in [-0.2, 0) is 34.3 Å². The average Bonchev–Trinajstić information content (AvgIpc) is 2.75. The Labute approximate surface area is 187 Å². The monoisotopic (exact) mass is 429 g/mol. The molecule has 1 atom stereocenters. The maximum Gasteiger partial charge on any atom is 0.145 e. The Morgan fingerprint density at radius 1 is 0.586 bits per heavy atom. The first-order valence-corrected chi connectivity index (χ1v) is 14.9. The van der Waals surface area contributed by atoms with Crippen molar-refractivity contribution in [2.75, 3.05) is 6.26 Å². The van der Waals surface area contributed by atoms with E-state index in [1.54, 1.807) is 0 Å². The highest BCUT2D eigenvalue weighted by Crippen LogP contribution is 2.24. The zero-order valence-electron chi connectivity index (χ0n) is 18.9. The first-order chi connectivity index (χ1) is 14.2. The van der Waals surface area contributed by atoms with Gasteiger partial charge < -0.3 is 0 Å². The second-order valence-corrected chi connectivity index (χ2v) is 12.6. The molecule has 0 aromatic heterocycles. The van der Waals surface area contributed by atoms with Crippen molar-refractivity contribution in [3.63, 3.8) is 0 Å². The molecular weight excluding hydrogens is 388 g/mol. The van der Waals surface area contributed by atoms with Crippen LogP contribution in [0.5, 0.6) is 0 Å². The molecule has 0 spiro atoms. The standard InChI is InChI=1S/C27H41S2/c1-4-6-8-10-12-24-14-18-26(19-15-24)22-28-29(3)23-27-20-16-25(17-21-27)13-11-9-7-5-2/h14-21H,4-13,22-23H2,1-3H3/q+1. The molecule has 0 saturated carbocycles. The van der Waals surface area contributed by atoms with Crippen LogP contribution in [0.2, 0.25) is 0 Å². The van der Waals surface area contributed by atoms with E-state index < -0.39 is 0 Å². The van der Waals surface area contributed by atoms with E-state index in [0.717, 1.165) is 5.75 Å². The Balaban J connectivity index is 1.67. The summed E-state index contributed by atoms with van der Waals surface area (Å²) in [6.07, 6.45) is 15.6. The molecule has 0 saturated heterocycles. The fourth-order valence-electron chi connectivity index (χ4n) is 3.56. The third-order valence-corrected chi connectivity index (χ3v) is 8.99. The molecule has 1 unspecified atom stereocenters. The molecular formula is C27H41S2+. The van der Waals surface area contributed by atoms with E-state index in [4.69, 9.17) is 0 Å². The van der Waals surface area contributed by atoms with Crippen molar-refractivity contribution in [3.05, 3.63) is 70.8 Å². The molecule has 0 aliphatic heterocycles. The summed E-state index contributed by atoms with van der Waals surface area (Å²) in [6, 6.07) is 18.8. The molecule has 2 rings (SSSR count). The first-order valence-electron chi connectivity index (χ1n) is 11.6. The highest BCUT2D eigenvalue weighted by Gasteiger charge is 2.14. The van der Waals surface area contributed by atoms with Crippen LogP contribution < -0.4 is 0 Å². The van der Waals surface area contributed by atoms with Gasteiger partial charge in [-0.15, -0.1) is 0 Å². The highest BCUT2D eigenvalue weighted by atomic mass is 33.1. The van der Waals surface area contributed by atoms with Gasteiger partial charge in [0.15, 0.2) is 0 Å². The fourth-order valence-corrected chi connectivity index (χ4v) is 6.51. The van der Waals surface area contributed by atoms with Crippen molar-refractivity contribution in [1.82, 2.24) is 0 Å². The van der Waals surface area contributed by atoms with Crippen LogP contribution in [-0.4, -0.2) is 6.26 Å². The smallest absolute Gasteiger partial charge is 0.0654 e. The predicted molar refractivity (Wildman–Crippen MR) is 137 cm³/mol. The summed E-state index contributed by atoms with van der Waals surface area (Å²) < 4.78 is 0. The van der Waals surface area contributed by atoms with Gasteiger partial charge in [-0.05, 0) is 42.4 Å². The van der Waals surface area contributed by atoms with Crippen molar-refractivity contribution < 1.29 is 0 Å². The number of rotatable bonds is 15. The van der Waals surface area contributed by atoms with Gasteiger partial charge in [0, 0.05) is 5.56 Å². The third kappa shape index (κ3) is 10.6. The molecule has 0 radical (unpaired) electrons. The van der Waals surface area contributed by atoms with Gasteiger partial charge in [0.2, 0.25) is 0 Å². The molecule has 0 aliphatic carbocycles. The minimum atomic E-state index is 0.368. The summed E-state index contributed by atoms with van der Waals surface area (Å²) in [6.45, 7) is 4.55. The largest absolute Gasteiger partial charge is 0.145 e. The Kier molecular flexibility index (Phi) is 12.6. The van der Waals surface area contributed by atoms with Crippen molar-refractivity contribution >= 4 is 20.7 Å². The zero-order valence-corrected chi connectivity index (χ0v) is 20.6. The lowest BCUT2D eigenvalue weighted by atomic mass is 10.1. The van der Waals surface area contributed by atoms with E-state index in [1.807, 2.05) is 0 Å². The molecule has 2 aromatic carbocycles. The SMILES string of the molecule is CCCCCCc1ccc(CS[S+](C)Cc2ccc(CCCCCC)cc2)cc1. The van der Waals surface area contributed by atoms with Crippen molar-refractivity contribution in [3.8, 4) is 0 Å². The van der Waals surface area contributed by atoms with Crippen LogP contribution >= 0.6 is 10.8 Å². The molecule has 29 heavy (non-hydrogen) atoms. The average molecular weight is 430 g/mol. The Morgan fingerprint density at radius 2 is 1.03 bits per heavy atom. The zero-order chi connectivity index (χ0) is 20.7. The van der Waals surface area contributed by atoms with Gasteiger partial charge in [-0.3, -0.25) is 0 Å². The van der Waals surface area contributed by atoms with Crippen molar-refractivity contribution in [2.45, 2.75) is 89.6 Å². The van der Waals surface area contributed by atoms with E-state index in [2.05, 4.69) is 79.4 Å². The summed E-state index contributed by atoms with van der Waals surface area (Å²) in [7, 11) is 2.47. The minimum absolute atomic E-state index is 0.368. The molecule has 0 aliphatic rings. The number of hydrogen-bond donors (Lipinski definition) is 0. The third-order valence-electron chi connectivity index (χ3n) is 5.48. The van der Waals surface area contributed by atoms with Crippen LogP contribution in [0, 0.1) is 0 Å². The highest BCUT2D eigenvalue weighted by molar-refractivity contribution is 8.73. The van der Waals surface area contributed by atoms with Crippen LogP contribution in [0.4, 0.5) is 0 Å². The first kappa shape index (κ1) is 24.4. The van der Waals surface area contributed by atoms with E-state index in [-0.39, 0.29) is 0 Å². The Hall–Kier alpha value is -0.860. The molecule has 0 N–H and O–H groups in total. The number of aryl methyl sites for hydroxylation is 2. The molecule has 0 fully saturated rings. The van der Waals surface area contributed by atoms with Gasteiger partial charge in [0.25, 0.3) is 0 Å². The van der Waals surface area contributed by atoms with Gasteiger partial charge in [-0.25, -0.2) is 0 Å².